The third-order valence-electron chi connectivity index (χ3n) is 4.53. The van der Waals surface area contributed by atoms with Crippen LogP contribution < -0.4 is 14.4 Å². The molecule has 2 amide bonds. The zero-order chi connectivity index (χ0) is 22.0. The molecule has 0 fully saturated rings. The molecule has 0 spiro atoms. The van der Waals surface area contributed by atoms with Gasteiger partial charge in [-0.2, -0.15) is 0 Å². The topological polar surface area (TPSA) is 116 Å². The number of carbonyl (C=O) groups excluding carboxylic acids is 3. The number of hydrogen-bond donors (Lipinski definition) is 0. The minimum Gasteiger partial charge on any atom is -0.475 e. The molecular weight excluding hydrogens is 404 g/mol. The van der Waals surface area contributed by atoms with Crippen LogP contribution in [0.15, 0.2) is 72.8 Å². The smallest absolute Gasteiger partial charge is 0.349 e. The highest BCUT2D eigenvalue weighted by Gasteiger charge is 2.36. The number of anilines is 1. The second-order valence-corrected chi connectivity index (χ2v) is 6.47. The maximum atomic E-state index is 12.5. The number of imide groups is 1. The molecule has 0 radical (unpaired) electrons. The molecule has 0 aromatic heterocycles. The molecule has 9 heteroatoms. The van der Waals surface area contributed by atoms with Crippen LogP contribution in [-0.4, -0.2) is 29.3 Å². The van der Waals surface area contributed by atoms with Gasteiger partial charge in [0.15, 0.2) is 12.4 Å². The number of benzene rings is 3. The Labute approximate surface area is 175 Å². The average Bonchev–Trinajstić information content (AvgIpc) is 3.03. The summed E-state index contributed by atoms with van der Waals surface area (Å²) in [5, 5.41) is 11.0. The lowest BCUT2D eigenvalue weighted by atomic mass is 10.1. The minimum absolute atomic E-state index is 0.0505. The van der Waals surface area contributed by atoms with Crippen LogP contribution in [0.3, 0.4) is 0 Å². The number of nitro benzene ring substituents is 1. The number of fused-ring (bicyclic) bond motifs is 1. The molecule has 0 saturated heterocycles. The molecule has 1 aliphatic heterocycles. The fraction of sp³-hybridized carbons (Fsp3) is 0.0455. The maximum absolute atomic E-state index is 12.5. The highest BCUT2D eigenvalue weighted by molar-refractivity contribution is 6.34. The van der Waals surface area contributed by atoms with E-state index in [1.165, 1.54) is 42.5 Å². The van der Waals surface area contributed by atoms with Crippen LogP contribution >= 0.6 is 0 Å². The number of nitro groups is 1. The highest BCUT2D eigenvalue weighted by Crippen LogP contribution is 2.29. The van der Waals surface area contributed by atoms with E-state index in [1.807, 2.05) is 0 Å². The van der Waals surface area contributed by atoms with Crippen LogP contribution in [0.25, 0.3) is 0 Å². The first kappa shape index (κ1) is 19.8. The molecule has 31 heavy (non-hydrogen) atoms. The second kappa shape index (κ2) is 8.07. The van der Waals surface area contributed by atoms with Crippen molar-refractivity contribution in [2.24, 2.45) is 0 Å². The Morgan fingerprint density at radius 1 is 0.871 bits per heavy atom. The van der Waals surface area contributed by atoms with Gasteiger partial charge in [-0.25, -0.2) is 9.69 Å². The van der Waals surface area contributed by atoms with Crippen LogP contribution in [-0.2, 0) is 4.79 Å². The summed E-state index contributed by atoms with van der Waals surface area (Å²) < 4.78 is 10.3. The zero-order valence-electron chi connectivity index (χ0n) is 15.9. The van der Waals surface area contributed by atoms with Gasteiger partial charge in [-0.3, -0.25) is 19.7 Å². The number of rotatable bonds is 6. The Hall–Kier alpha value is -4.53. The summed E-state index contributed by atoms with van der Waals surface area (Å²) in [6, 6.07) is 18.0. The normalized spacial score (nSPS) is 12.5. The first-order valence-corrected chi connectivity index (χ1v) is 9.10. The Morgan fingerprint density at radius 3 is 2.06 bits per heavy atom. The van der Waals surface area contributed by atoms with Gasteiger partial charge in [0.05, 0.1) is 21.7 Å². The monoisotopic (exact) mass is 418 g/mol. The quantitative estimate of drug-likeness (QED) is 0.198. The molecule has 1 aliphatic rings. The molecule has 9 nitrogen and oxygen atoms in total. The lowest BCUT2D eigenvalue weighted by Gasteiger charge is -2.14. The molecule has 0 unspecified atom stereocenters. The summed E-state index contributed by atoms with van der Waals surface area (Å²) in [5.41, 5.74) is 0.730. The fourth-order valence-corrected chi connectivity index (χ4v) is 3.11. The number of nitrogens with zero attached hydrogens (tertiary/aromatic N) is 2. The van der Waals surface area contributed by atoms with E-state index in [2.05, 4.69) is 0 Å². The number of carbonyl (C=O) groups is 3. The van der Waals surface area contributed by atoms with Crippen LogP contribution in [0.4, 0.5) is 11.4 Å². The summed E-state index contributed by atoms with van der Waals surface area (Å²) in [4.78, 5) is 48.5. The predicted octanol–water partition coefficient (Wildman–Crippen LogP) is 3.38. The number of hydrogen-bond acceptors (Lipinski definition) is 7. The van der Waals surface area contributed by atoms with Gasteiger partial charge in [-0.1, -0.05) is 24.3 Å². The van der Waals surface area contributed by atoms with E-state index in [0.717, 1.165) is 4.90 Å². The average molecular weight is 418 g/mol. The number of amides is 2. The van der Waals surface area contributed by atoms with E-state index in [0.29, 0.717) is 16.8 Å². The van der Waals surface area contributed by atoms with Crippen molar-refractivity contribution in [1.29, 1.82) is 0 Å². The zero-order valence-corrected chi connectivity index (χ0v) is 15.9. The van der Waals surface area contributed by atoms with Gasteiger partial charge in [-0.05, 0) is 42.5 Å². The first-order chi connectivity index (χ1) is 15.0. The van der Waals surface area contributed by atoms with Crippen molar-refractivity contribution in [2.75, 3.05) is 11.5 Å². The second-order valence-electron chi connectivity index (χ2n) is 6.47. The van der Waals surface area contributed by atoms with Gasteiger partial charge < -0.3 is 9.47 Å². The van der Waals surface area contributed by atoms with Crippen molar-refractivity contribution in [1.82, 2.24) is 0 Å². The molecule has 0 N–H and O–H groups in total. The number of para-hydroxylation sites is 2. The first-order valence-electron chi connectivity index (χ1n) is 9.10. The van der Waals surface area contributed by atoms with E-state index < -0.39 is 29.3 Å². The minimum atomic E-state index is -0.772. The van der Waals surface area contributed by atoms with E-state index in [4.69, 9.17) is 9.47 Å². The largest absolute Gasteiger partial charge is 0.475 e. The molecule has 0 saturated carbocycles. The van der Waals surface area contributed by atoms with Crippen molar-refractivity contribution < 1.29 is 28.8 Å². The van der Waals surface area contributed by atoms with Gasteiger partial charge >= 0.3 is 11.7 Å². The highest BCUT2D eigenvalue weighted by atomic mass is 16.6. The van der Waals surface area contributed by atoms with E-state index >= 15 is 0 Å². The summed E-state index contributed by atoms with van der Waals surface area (Å²) in [5.74, 6) is -1.51. The third kappa shape index (κ3) is 3.84. The lowest BCUT2D eigenvalue weighted by molar-refractivity contribution is -0.385. The van der Waals surface area contributed by atoms with E-state index in [9.17, 15) is 24.5 Å². The van der Waals surface area contributed by atoms with Crippen molar-refractivity contribution in [3.8, 4) is 11.5 Å². The van der Waals surface area contributed by atoms with Crippen molar-refractivity contribution in [2.45, 2.75) is 0 Å². The molecule has 0 atom stereocenters. The van der Waals surface area contributed by atoms with Crippen LogP contribution in [0.5, 0.6) is 11.5 Å². The number of esters is 1. The van der Waals surface area contributed by atoms with Crippen LogP contribution in [0.1, 0.15) is 20.7 Å². The summed E-state index contributed by atoms with van der Waals surface area (Å²) in [6.07, 6.45) is 0. The Bertz CT molecular complexity index is 1170. The molecule has 0 bridgehead atoms. The molecule has 1 heterocycles. The summed E-state index contributed by atoms with van der Waals surface area (Å²) >= 11 is 0. The Kier molecular flexibility index (Phi) is 5.15. The SMILES string of the molecule is O=C(COc1ccccc1[N+](=O)[O-])Oc1ccc(N2C(=O)c3ccccc3C2=O)cc1. The maximum Gasteiger partial charge on any atom is 0.349 e. The molecule has 0 aliphatic carbocycles. The van der Waals surface area contributed by atoms with Crippen molar-refractivity contribution >= 4 is 29.2 Å². The van der Waals surface area contributed by atoms with Crippen LogP contribution in [0.2, 0.25) is 0 Å². The third-order valence-corrected chi connectivity index (χ3v) is 4.53. The summed E-state index contributed by atoms with van der Waals surface area (Å²) in [6.45, 7) is -0.537. The van der Waals surface area contributed by atoms with Gasteiger partial charge in [0.1, 0.15) is 5.75 Å². The van der Waals surface area contributed by atoms with Crippen molar-refractivity contribution in [3.05, 3.63) is 94.0 Å². The lowest BCUT2D eigenvalue weighted by Crippen LogP contribution is -2.29. The standard InChI is InChI=1S/C22H14N2O7/c25-20(13-30-19-8-4-3-7-18(19)24(28)29)31-15-11-9-14(10-12-15)23-21(26)16-5-1-2-6-17(16)22(23)27/h1-12H,13H2. The van der Waals surface area contributed by atoms with E-state index in [-0.39, 0.29) is 17.2 Å². The summed E-state index contributed by atoms with van der Waals surface area (Å²) in [7, 11) is 0. The van der Waals surface area contributed by atoms with Gasteiger partial charge in [-0.15, -0.1) is 0 Å². The Morgan fingerprint density at radius 2 is 1.45 bits per heavy atom. The fourth-order valence-electron chi connectivity index (χ4n) is 3.11. The molecular formula is C22H14N2O7. The Balaban J connectivity index is 1.41. The molecule has 4 rings (SSSR count). The van der Waals surface area contributed by atoms with Crippen LogP contribution in [0, 0.1) is 10.1 Å². The van der Waals surface area contributed by atoms with Gasteiger partial charge in [0, 0.05) is 6.07 Å². The van der Waals surface area contributed by atoms with Gasteiger partial charge in [0.25, 0.3) is 11.8 Å². The molecule has 3 aromatic carbocycles. The molecule has 3 aromatic rings. The van der Waals surface area contributed by atoms with E-state index in [1.54, 1.807) is 30.3 Å². The molecule has 154 valence electrons. The number of ether oxygens (including phenoxy) is 2. The van der Waals surface area contributed by atoms with Crippen molar-refractivity contribution in [3.63, 3.8) is 0 Å². The predicted molar refractivity (Wildman–Crippen MR) is 108 cm³/mol. The van der Waals surface area contributed by atoms with Gasteiger partial charge in [0.2, 0.25) is 0 Å².